The summed E-state index contributed by atoms with van der Waals surface area (Å²) in [6.45, 7) is 10.4. The molecule has 146 valence electrons. The molecule has 6 nitrogen and oxygen atoms in total. The lowest BCUT2D eigenvalue weighted by atomic mass is 9.79. The van der Waals surface area contributed by atoms with Gasteiger partial charge in [0.2, 0.25) is 5.91 Å². The summed E-state index contributed by atoms with van der Waals surface area (Å²) in [5.41, 5.74) is 2.54. The van der Waals surface area contributed by atoms with Gasteiger partial charge in [-0.3, -0.25) is 4.79 Å². The van der Waals surface area contributed by atoms with Gasteiger partial charge < -0.3 is 9.84 Å². The number of nitrogens with zero attached hydrogens (tertiary/aromatic N) is 3. The number of nitrogens with one attached hydrogen (secondary N) is 1. The molecule has 0 spiro atoms. The summed E-state index contributed by atoms with van der Waals surface area (Å²) in [4.78, 5) is 21.2. The molecule has 27 heavy (non-hydrogen) atoms. The van der Waals surface area contributed by atoms with Gasteiger partial charge in [0, 0.05) is 30.1 Å². The molecule has 1 N–H and O–H groups in total. The molecule has 0 bridgehead atoms. The fourth-order valence-electron chi connectivity index (χ4n) is 3.62. The van der Waals surface area contributed by atoms with Gasteiger partial charge >= 0.3 is 0 Å². The molecular weight excluding hydrogens is 340 g/mol. The Morgan fingerprint density at radius 3 is 2.52 bits per heavy atom. The highest BCUT2D eigenvalue weighted by atomic mass is 16.5. The Labute approximate surface area is 161 Å². The third-order valence-corrected chi connectivity index (χ3v) is 5.30. The Bertz CT molecular complexity index is 799. The van der Waals surface area contributed by atoms with Gasteiger partial charge in [-0.2, -0.15) is 0 Å². The minimum absolute atomic E-state index is 0.124. The van der Waals surface area contributed by atoms with Crippen LogP contribution in [0.15, 0.2) is 16.8 Å². The van der Waals surface area contributed by atoms with E-state index in [2.05, 4.69) is 15.5 Å². The number of rotatable bonds is 4. The topological polar surface area (TPSA) is 80.9 Å². The zero-order chi connectivity index (χ0) is 19.6. The Morgan fingerprint density at radius 1 is 1.22 bits per heavy atom. The summed E-state index contributed by atoms with van der Waals surface area (Å²) >= 11 is 0. The molecule has 1 saturated carbocycles. The average Bonchev–Trinajstić information content (AvgIpc) is 3.05. The van der Waals surface area contributed by atoms with E-state index < -0.39 is 0 Å². The van der Waals surface area contributed by atoms with Crippen molar-refractivity contribution in [1.82, 2.24) is 20.4 Å². The molecule has 0 atom stereocenters. The van der Waals surface area contributed by atoms with E-state index in [4.69, 9.17) is 9.51 Å². The van der Waals surface area contributed by atoms with Crippen LogP contribution >= 0.6 is 0 Å². The minimum Gasteiger partial charge on any atom is -0.356 e. The van der Waals surface area contributed by atoms with Crippen LogP contribution in [0.3, 0.4) is 0 Å². The number of carbonyl (C=O) groups excluding carboxylic acids is 1. The van der Waals surface area contributed by atoms with Crippen molar-refractivity contribution >= 4 is 5.91 Å². The number of aryl methyl sites for hydroxylation is 2. The molecule has 0 aliphatic heterocycles. The first-order valence-corrected chi connectivity index (χ1v) is 9.79. The lowest BCUT2D eigenvalue weighted by Crippen LogP contribution is -2.38. The van der Waals surface area contributed by atoms with E-state index in [1.54, 1.807) is 0 Å². The molecule has 2 aromatic heterocycles. The average molecular weight is 370 g/mol. The van der Waals surface area contributed by atoms with Crippen LogP contribution in [0.2, 0.25) is 0 Å². The van der Waals surface area contributed by atoms with E-state index in [1.165, 1.54) is 0 Å². The van der Waals surface area contributed by atoms with Crippen LogP contribution in [0, 0.1) is 25.2 Å². The van der Waals surface area contributed by atoms with Gasteiger partial charge in [-0.05, 0) is 45.4 Å². The second-order valence-corrected chi connectivity index (χ2v) is 8.73. The van der Waals surface area contributed by atoms with Gasteiger partial charge in [0.05, 0.1) is 17.0 Å². The van der Waals surface area contributed by atoms with Crippen molar-refractivity contribution in [3.8, 4) is 11.3 Å². The standard InChI is InChI=1S/C21H30N4O2/c1-13-10-18(27-25-13)17-12-22-14(2)24-19(17)16-8-6-15(7-9-16)11-23-20(26)21(3,4)5/h10,12,15-16H,6-9,11H2,1-5H3,(H,23,26). The number of aromatic nitrogens is 3. The highest BCUT2D eigenvalue weighted by molar-refractivity contribution is 5.81. The molecule has 0 unspecified atom stereocenters. The van der Waals surface area contributed by atoms with E-state index in [-0.39, 0.29) is 11.3 Å². The molecule has 1 aliphatic rings. The van der Waals surface area contributed by atoms with Gasteiger partial charge in [0.1, 0.15) is 5.82 Å². The maximum Gasteiger partial charge on any atom is 0.225 e. The molecule has 2 heterocycles. The first-order chi connectivity index (χ1) is 12.7. The maximum absolute atomic E-state index is 12.1. The summed E-state index contributed by atoms with van der Waals surface area (Å²) in [5, 5.41) is 7.11. The second kappa shape index (κ2) is 7.79. The summed E-state index contributed by atoms with van der Waals surface area (Å²) in [7, 11) is 0. The van der Waals surface area contributed by atoms with Crippen LogP contribution in [0.5, 0.6) is 0 Å². The number of hydrogen-bond donors (Lipinski definition) is 1. The Balaban J connectivity index is 1.66. The summed E-state index contributed by atoms with van der Waals surface area (Å²) in [5.74, 6) is 2.57. The summed E-state index contributed by atoms with van der Waals surface area (Å²) < 4.78 is 5.46. The van der Waals surface area contributed by atoms with Crippen molar-refractivity contribution in [2.24, 2.45) is 11.3 Å². The quantitative estimate of drug-likeness (QED) is 0.873. The van der Waals surface area contributed by atoms with E-state index in [0.29, 0.717) is 11.8 Å². The van der Waals surface area contributed by atoms with Crippen LogP contribution in [-0.4, -0.2) is 27.6 Å². The highest BCUT2D eigenvalue weighted by Gasteiger charge is 2.28. The predicted molar refractivity (Wildman–Crippen MR) is 104 cm³/mol. The molecular formula is C21H30N4O2. The molecule has 0 aromatic carbocycles. The number of carbonyl (C=O) groups is 1. The molecule has 1 fully saturated rings. The van der Waals surface area contributed by atoms with E-state index >= 15 is 0 Å². The van der Waals surface area contributed by atoms with Crippen molar-refractivity contribution < 1.29 is 9.32 Å². The van der Waals surface area contributed by atoms with Crippen LogP contribution in [0.4, 0.5) is 0 Å². The van der Waals surface area contributed by atoms with Crippen LogP contribution in [0.1, 0.15) is 69.6 Å². The monoisotopic (exact) mass is 370 g/mol. The Morgan fingerprint density at radius 2 is 1.93 bits per heavy atom. The number of hydrogen-bond acceptors (Lipinski definition) is 5. The summed E-state index contributed by atoms with van der Waals surface area (Å²) in [6, 6.07) is 1.94. The second-order valence-electron chi connectivity index (χ2n) is 8.73. The SMILES string of the molecule is Cc1cc(-c2cnc(C)nc2C2CCC(CNC(=O)C(C)(C)C)CC2)on1. The largest absolute Gasteiger partial charge is 0.356 e. The van der Waals surface area contributed by atoms with Crippen molar-refractivity contribution in [2.45, 2.75) is 66.2 Å². The van der Waals surface area contributed by atoms with Gasteiger partial charge in [0.15, 0.2) is 5.76 Å². The maximum atomic E-state index is 12.1. The van der Waals surface area contributed by atoms with Crippen LogP contribution < -0.4 is 5.32 Å². The molecule has 1 aliphatic carbocycles. The van der Waals surface area contributed by atoms with Crippen molar-refractivity contribution in [3.63, 3.8) is 0 Å². The first-order valence-electron chi connectivity index (χ1n) is 9.79. The van der Waals surface area contributed by atoms with E-state index in [9.17, 15) is 4.79 Å². The fraction of sp³-hybridized carbons (Fsp3) is 0.619. The van der Waals surface area contributed by atoms with Crippen molar-refractivity contribution in [1.29, 1.82) is 0 Å². The summed E-state index contributed by atoms with van der Waals surface area (Å²) in [6.07, 6.45) is 6.16. The van der Waals surface area contributed by atoms with Gasteiger partial charge in [-0.15, -0.1) is 0 Å². The molecule has 6 heteroatoms. The lowest BCUT2D eigenvalue weighted by molar-refractivity contribution is -0.128. The number of amides is 1. The van der Waals surface area contributed by atoms with Gasteiger partial charge in [0.25, 0.3) is 0 Å². The van der Waals surface area contributed by atoms with E-state index in [1.807, 2.05) is 46.9 Å². The van der Waals surface area contributed by atoms with Gasteiger partial charge in [-0.1, -0.05) is 25.9 Å². The Hall–Kier alpha value is -2.24. The third-order valence-electron chi connectivity index (χ3n) is 5.30. The lowest BCUT2D eigenvalue weighted by Gasteiger charge is -2.30. The third kappa shape index (κ3) is 4.73. The first kappa shape index (κ1) is 19.5. The fourth-order valence-corrected chi connectivity index (χ4v) is 3.62. The van der Waals surface area contributed by atoms with Crippen LogP contribution in [0.25, 0.3) is 11.3 Å². The van der Waals surface area contributed by atoms with E-state index in [0.717, 1.165) is 60.8 Å². The molecule has 0 radical (unpaired) electrons. The highest BCUT2D eigenvalue weighted by Crippen LogP contribution is 2.38. The molecule has 1 amide bonds. The molecule has 0 saturated heterocycles. The van der Waals surface area contributed by atoms with Crippen molar-refractivity contribution in [2.75, 3.05) is 6.54 Å². The zero-order valence-electron chi connectivity index (χ0n) is 17.0. The smallest absolute Gasteiger partial charge is 0.225 e. The minimum atomic E-state index is -0.334. The normalized spacial score (nSPS) is 20.5. The van der Waals surface area contributed by atoms with Gasteiger partial charge in [-0.25, -0.2) is 9.97 Å². The zero-order valence-corrected chi connectivity index (χ0v) is 17.0. The van der Waals surface area contributed by atoms with Crippen molar-refractivity contribution in [3.05, 3.63) is 29.5 Å². The predicted octanol–water partition coefficient (Wildman–Crippen LogP) is 4.18. The van der Waals surface area contributed by atoms with Crippen LogP contribution in [-0.2, 0) is 4.79 Å². The Kier molecular flexibility index (Phi) is 5.63. The molecule has 2 aromatic rings. The molecule has 3 rings (SSSR count).